The van der Waals surface area contributed by atoms with Gasteiger partial charge in [0, 0.05) is 5.92 Å². The molecule has 0 radical (unpaired) electrons. The summed E-state index contributed by atoms with van der Waals surface area (Å²) in [4.78, 5) is 10.1. The maximum Gasteiger partial charge on any atom is 0.229 e. The fourth-order valence-electron chi connectivity index (χ4n) is 0.510. The zero-order chi connectivity index (χ0) is 6.69. The Bertz CT molecular complexity index is 171. The van der Waals surface area contributed by atoms with E-state index in [1.165, 1.54) is 12.8 Å². The highest BCUT2D eigenvalue weighted by molar-refractivity contribution is 5.76. The lowest BCUT2D eigenvalue weighted by molar-refractivity contribution is -0.117. The van der Waals surface area contributed by atoms with Gasteiger partial charge in [0.25, 0.3) is 0 Å². The van der Waals surface area contributed by atoms with Crippen LogP contribution < -0.4 is 5.73 Å². The fraction of sp³-hybridized carbons (Fsp3) is 0.571. The van der Waals surface area contributed by atoms with Crippen molar-refractivity contribution >= 4 is 5.91 Å². The standard InChI is InChI=1S/C7H9NO/c8-7(9)3-1-2-6-4-5-6/h6H,3-5H2,(H2,8,9). The van der Waals surface area contributed by atoms with Gasteiger partial charge in [0.15, 0.2) is 0 Å². The van der Waals surface area contributed by atoms with Gasteiger partial charge in [-0.25, -0.2) is 0 Å². The fourth-order valence-corrected chi connectivity index (χ4v) is 0.510. The second-order valence-electron chi connectivity index (χ2n) is 2.24. The number of carbonyl (C=O) groups excluding carboxylic acids is 1. The van der Waals surface area contributed by atoms with E-state index in [0.29, 0.717) is 5.92 Å². The summed E-state index contributed by atoms with van der Waals surface area (Å²) in [6, 6.07) is 0. The molecule has 0 heterocycles. The first-order valence-corrected chi connectivity index (χ1v) is 3.06. The molecule has 0 aliphatic heterocycles. The summed E-state index contributed by atoms with van der Waals surface area (Å²) in [5.41, 5.74) is 4.86. The molecule has 1 fully saturated rings. The highest BCUT2D eigenvalue weighted by Crippen LogP contribution is 2.27. The van der Waals surface area contributed by atoms with E-state index in [4.69, 9.17) is 5.73 Å². The van der Waals surface area contributed by atoms with Crippen LogP contribution >= 0.6 is 0 Å². The average molecular weight is 123 g/mol. The minimum atomic E-state index is -0.330. The molecule has 0 bridgehead atoms. The van der Waals surface area contributed by atoms with Crippen LogP contribution in [0.15, 0.2) is 0 Å². The number of nitrogens with two attached hydrogens (primary N) is 1. The Hall–Kier alpha value is -0.970. The van der Waals surface area contributed by atoms with Crippen molar-refractivity contribution in [1.29, 1.82) is 0 Å². The lowest BCUT2D eigenvalue weighted by atomic mass is 10.3. The van der Waals surface area contributed by atoms with Gasteiger partial charge in [-0.05, 0) is 12.8 Å². The Morgan fingerprint density at radius 1 is 1.67 bits per heavy atom. The van der Waals surface area contributed by atoms with Crippen molar-refractivity contribution in [2.24, 2.45) is 11.7 Å². The molecule has 0 atom stereocenters. The first-order valence-electron chi connectivity index (χ1n) is 3.06. The van der Waals surface area contributed by atoms with Crippen LogP contribution in [0, 0.1) is 17.8 Å². The second kappa shape index (κ2) is 2.54. The molecule has 2 heteroatoms. The number of amides is 1. The van der Waals surface area contributed by atoms with Crippen molar-refractivity contribution in [3.05, 3.63) is 0 Å². The Morgan fingerprint density at radius 3 is 2.78 bits per heavy atom. The molecule has 1 aliphatic carbocycles. The van der Waals surface area contributed by atoms with Crippen LogP contribution in [0.5, 0.6) is 0 Å². The SMILES string of the molecule is NC(=O)CC#CC1CC1. The van der Waals surface area contributed by atoms with Gasteiger partial charge in [-0.15, -0.1) is 0 Å². The van der Waals surface area contributed by atoms with E-state index < -0.39 is 0 Å². The van der Waals surface area contributed by atoms with Gasteiger partial charge in [0.2, 0.25) is 5.91 Å². The second-order valence-corrected chi connectivity index (χ2v) is 2.24. The number of primary amides is 1. The monoisotopic (exact) mass is 123 g/mol. The van der Waals surface area contributed by atoms with E-state index in [9.17, 15) is 4.79 Å². The van der Waals surface area contributed by atoms with Gasteiger partial charge in [-0.2, -0.15) is 0 Å². The van der Waals surface area contributed by atoms with Crippen LogP contribution in [-0.2, 0) is 4.79 Å². The molecule has 0 saturated heterocycles. The third kappa shape index (κ3) is 2.76. The molecule has 0 spiro atoms. The van der Waals surface area contributed by atoms with Gasteiger partial charge in [-0.1, -0.05) is 11.8 Å². The minimum Gasteiger partial charge on any atom is -0.369 e. The molecule has 0 aromatic rings. The van der Waals surface area contributed by atoms with Crippen molar-refractivity contribution in [3.63, 3.8) is 0 Å². The number of hydrogen-bond acceptors (Lipinski definition) is 1. The summed E-state index contributed by atoms with van der Waals surface area (Å²) >= 11 is 0. The Kier molecular flexibility index (Phi) is 1.74. The van der Waals surface area contributed by atoms with Crippen LogP contribution in [0.4, 0.5) is 0 Å². The van der Waals surface area contributed by atoms with Gasteiger partial charge in [0.1, 0.15) is 0 Å². The van der Waals surface area contributed by atoms with E-state index >= 15 is 0 Å². The highest BCUT2D eigenvalue weighted by atomic mass is 16.1. The van der Waals surface area contributed by atoms with E-state index in [-0.39, 0.29) is 12.3 Å². The predicted octanol–water partition coefficient (Wildman–Crippen LogP) is 0.275. The van der Waals surface area contributed by atoms with Crippen molar-refractivity contribution in [1.82, 2.24) is 0 Å². The minimum absolute atomic E-state index is 0.219. The van der Waals surface area contributed by atoms with Crippen molar-refractivity contribution < 1.29 is 4.79 Å². The van der Waals surface area contributed by atoms with E-state index in [2.05, 4.69) is 11.8 Å². The van der Waals surface area contributed by atoms with Gasteiger partial charge in [-0.3, -0.25) is 4.79 Å². The molecule has 2 nitrogen and oxygen atoms in total. The summed E-state index contributed by atoms with van der Waals surface area (Å²) < 4.78 is 0. The summed E-state index contributed by atoms with van der Waals surface area (Å²) in [6.45, 7) is 0. The molecule has 1 amide bonds. The third-order valence-electron chi connectivity index (χ3n) is 1.15. The van der Waals surface area contributed by atoms with Crippen molar-refractivity contribution in [3.8, 4) is 11.8 Å². The molecule has 0 unspecified atom stereocenters. The highest BCUT2D eigenvalue weighted by Gasteiger charge is 2.17. The third-order valence-corrected chi connectivity index (χ3v) is 1.15. The van der Waals surface area contributed by atoms with Crippen molar-refractivity contribution in [2.45, 2.75) is 19.3 Å². The van der Waals surface area contributed by atoms with E-state index in [1.54, 1.807) is 0 Å². The summed E-state index contributed by atoms with van der Waals surface area (Å²) in [5, 5.41) is 0. The number of rotatable bonds is 1. The number of hydrogen-bond donors (Lipinski definition) is 1. The van der Waals surface area contributed by atoms with Crippen molar-refractivity contribution in [2.75, 3.05) is 0 Å². The zero-order valence-corrected chi connectivity index (χ0v) is 5.18. The van der Waals surface area contributed by atoms with Gasteiger partial charge < -0.3 is 5.73 Å². The maximum absolute atomic E-state index is 10.1. The van der Waals surface area contributed by atoms with Crippen LogP contribution in [-0.4, -0.2) is 5.91 Å². The first-order chi connectivity index (χ1) is 4.29. The summed E-state index contributed by atoms with van der Waals surface area (Å²) in [6.07, 6.45) is 2.62. The Labute approximate surface area is 54.4 Å². The zero-order valence-electron chi connectivity index (χ0n) is 5.18. The van der Waals surface area contributed by atoms with Crippen LogP contribution in [0.2, 0.25) is 0 Å². The van der Waals surface area contributed by atoms with Gasteiger partial charge in [0.05, 0.1) is 6.42 Å². The predicted molar refractivity (Wildman–Crippen MR) is 34.3 cm³/mol. The molecule has 48 valence electrons. The Balaban J connectivity index is 2.16. The summed E-state index contributed by atoms with van der Waals surface area (Å²) in [5.74, 6) is 5.90. The topological polar surface area (TPSA) is 43.1 Å². The molecule has 0 aromatic heterocycles. The van der Waals surface area contributed by atoms with Crippen LogP contribution in [0.1, 0.15) is 19.3 Å². The lowest BCUT2D eigenvalue weighted by Crippen LogP contribution is -2.08. The summed E-state index contributed by atoms with van der Waals surface area (Å²) in [7, 11) is 0. The maximum atomic E-state index is 10.1. The quantitative estimate of drug-likeness (QED) is 0.500. The normalized spacial score (nSPS) is 16.0. The van der Waals surface area contributed by atoms with E-state index in [1.807, 2.05) is 0 Å². The first kappa shape index (κ1) is 6.15. The molecular formula is C7H9NO. The lowest BCUT2D eigenvalue weighted by Gasteiger charge is -1.77. The molecule has 1 aliphatic rings. The van der Waals surface area contributed by atoms with Gasteiger partial charge >= 0.3 is 0 Å². The molecule has 0 aromatic carbocycles. The molecular weight excluding hydrogens is 114 g/mol. The largest absolute Gasteiger partial charge is 0.369 e. The molecule has 2 N–H and O–H groups in total. The smallest absolute Gasteiger partial charge is 0.229 e. The number of carbonyl (C=O) groups is 1. The van der Waals surface area contributed by atoms with Crippen LogP contribution in [0.3, 0.4) is 0 Å². The average Bonchev–Trinajstić information content (AvgIpc) is 2.48. The Morgan fingerprint density at radius 2 is 2.33 bits per heavy atom. The van der Waals surface area contributed by atoms with E-state index in [0.717, 1.165) is 0 Å². The molecule has 9 heavy (non-hydrogen) atoms. The van der Waals surface area contributed by atoms with Crippen LogP contribution in [0.25, 0.3) is 0 Å². The molecule has 1 rings (SSSR count). The molecule has 1 saturated carbocycles.